The number of carboxylic acids is 1. The number of phenols is 1. The second-order valence-corrected chi connectivity index (χ2v) is 4.39. The minimum absolute atomic E-state index is 0. The van der Waals surface area contributed by atoms with Crippen molar-refractivity contribution in [3.8, 4) is 17.0 Å². The molecule has 0 aliphatic carbocycles. The summed E-state index contributed by atoms with van der Waals surface area (Å²) < 4.78 is 0. The van der Waals surface area contributed by atoms with Gasteiger partial charge in [0.05, 0.1) is 16.8 Å². The van der Waals surface area contributed by atoms with Gasteiger partial charge in [0.2, 0.25) is 0 Å². The van der Waals surface area contributed by atoms with E-state index in [-0.39, 0.29) is 36.4 Å². The number of carbonyl (C=O) groups is 1. The number of benzene rings is 2. The second-order valence-electron chi connectivity index (χ2n) is 4.39. The molecule has 0 amide bonds. The number of aromatic carboxylic acids is 1. The average Bonchev–Trinajstić information content (AvgIpc) is 2.48. The van der Waals surface area contributed by atoms with Gasteiger partial charge in [-0.05, 0) is 23.6 Å². The van der Waals surface area contributed by atoms with Gasteiger partial charge >= 0.3 is 5.97 Å². The number of fused-ring (bicyclic) bond motifs is 1. The summed E-state index contributed by atoms with van der Waals surface area (Å²) in [5, 5.41) is 21.1. The molecular weight excluding hydrogens is 355 g/mol. The molecule has 106 valence electrons. The van der Waals surface area contributed by atoms with Gasteiger partial charge in [-0.3, -0.25) is 4.98 Å². The number of aromatic hydroxyl groups is 1. The number of pyridine rings is 1. The first-order valence-electron chi connectivity index (χ1n) is 6.08. The third-order valence-corrected chi connectivity index (χ3v) is 3.17. The van der Waals surface area contributed by atoms with Gasteiger partial charge in [0.15, 0.2) is 0 Å². The van der Waals surface area contributed by atoms with E-state index in [1.165, 1.54) is 0 Å². The molecule has 0 aliphatic heterocycles. The predicted molar refractivity (Wildman–Crippen MR) is 75.8 cm³/mol. The van der Waals surface area contributed by atoms with E-state index in [2.05, 4.69) is 4.98 Å². The van der Waals surface area contributed by atoms with E-state index >= 15 is 0 Å². The largest absolute Gasteiger partial charge is 0.507 e. The SMILES string of the molecule is O=C(O)c1cc2ccccc2c(O)c1-c1ccccn1.[Ru]. The monoisotopic (exact) mass is 367 g/mol. The number of hydrogen-bond donors (Lipinski definition) is 2. The van der Waals surface area contributed by atoms with Crippen LogP contribution in [0, 0.1) is 0 Å². The van der Waals surface area contributed by atoms with Crippen molar-refractivity contribution in [2.24, 2.45) is 0 Å². The molecule has 4 nitrogen and oxygen atoms in total. The topological polar surface area (TPSA) is 70.4 Å². The van der Waals surface area contributed by atoms with Crippen LogP contribution in [0.5, 0.6) is 5.75 Å². The van der Waals surface area contributed by atoms with E-state index < -0.39 is 5.97 Å². The van der Waals surface area contributed by atoms with Crippen LogP contribution in [-0.4, -0.2) is 21.2 Å². The Labute approximate surface area is 133 Å². The molecule has 0 radical (unpaired) electrons. The van der Waals surface area contributed by atoms with Gasteiger partial charge in [-0.15, -0.1) is 0 Å². The number of carboxylic acid groups (broad SMARTS) is 1. The summed E-state index contributed by atoms with van der Waals surface area (Å²) in [7, 11) is 0. The Hall–Kier alpha value is -2.26. The van der Waals surface area contributed by atoms with Crippen LogP contribution >= 0.6 is 0 Å². The Balaban J connectivity index is 0.00000161. The van der Waals surface area contributed by atoms with Crippen LogP contribution in [0.25, 0.3) is 22.0 Å². The molecule has 0 atom stereocenters. The van der Waals surface area contributed by atoms with Crippen molar-refractivity contribution in [1.82, 2.24) is 4.98 Å². The summed E-state index contributed by atoms with van der Waals surface area (Å²) in [5.41, 5.74) is 0.727. The van der Waals surface area contributed by atoms with Gasteiger partial charge in [0, 0.05) is 31.1 Å². The fraction of sp³-hybridized carbons (Fsp3) is 0. The number of phenolic OH excluding ortho intramolecular Hbond substituents is 1. The first kappa shape index (κ1) is 15.1. The summed E-state index contributed by atoms with van der Waals surface area (Å²) in [6.45, 7) is 0. The Morgan fingerprint density at radius 3 is 2.43 bits per heavy atom. The second kappa shape index (κ2) is 6.02. The van der Waals surface area contributed by atoms with E-state index in [0.717, 1.165) is 0 Å². The Morgan fingerprint density at radius 1 is 1.05 bits per heavy atom. The van der Waals surface area contributed by atoms with Crippen LogP contribution in [0.15, 0.2) is 54.7 Å². The summed E-state index contributed by atoms with van der Waals surface area (Å²) in [5.74, 6) is -1.15. The molecule has 1 aromatic heterocycles. The quantitative estimate of drug-likeness (QED) is 0.683. The van der Waals surface area contributed by atoms with Crippen molar-refractivity contribution >= 4 is 16.7 Å². The molecule has 1 heterocycles. The minimum Gasteiger partial charge on any atom is -0.507 e. The zero-order chi connectivity index (χ0) is 14.1. The normalized spacial score (nSPS) is 10.1. The fourth-order valence-electron chi connectivity index (χ4n) is 2.27. The zero-order valence-corrected chi connectivity index (χ0v) is 12.5. The van der Waals surface area contributed by atoms with Crippen LogP contribution in [-0.2, 0) is 19.5 Å². The standard InChI is InChI=1S/C16H11NO3.Ru/c18-15-11-6-2-1-5-10(11)9-12(16(19)20)14(15)13-7-3-4-8-17-13;/h1-9,18H,(H,19,20);. The molecule has 0 bridgehead atoms. The zero-order valence-electron chi connectivity index (χ0n) is 10.8. The summed E-state index contributed by atoms with van der Waals surface area (Å²) >= 11 is 0. The van der Waals surface area contributed by atoms with Crippen molar-refractivity contribution < 1.29 is 34.5 Å². The minimum atomic E-state index is -1.09. The molecule has 0 aliphatic rings. The molecule has 2 aromatic carbocycles. The van der Waals surface area contributed by atoms with Crippen LogP contribution in [0.3, 0.4) is 0 Å². The van der Waals surface area contributed by atoms with Gasteiger partial charge in [-0.1, -0.05) is 30.3 Å². The van der Waals surface area contributed by atoms with Gasteiger partial charge in [0.25, 0.3) is 0 Å². The molecule has 0 saturated carbocycles. The molecule has 0 spiro atoms. The number of aromatic nitrogens is 1. The maximum atomic E-state index is 11.5. The maximum Gasteiger partial charge on any atom is 0.336 e. The molecular formula is C16H11NO3Ru. The van der Waals surface area contributed by atoms with Crippen molar-refractivity contribution in [2.45, 2.75) is 0 Å². The van der Waals surface area contributed by atoms with E-state index in [1.807, 2.05) is 0 Å². The summed E-state index contributed by atoms with van der Waals surface area (Å²) in [6.07, 6.45) is 1.57. The van der Waals surface area contributed by atoms with E-state index in [4.69, 9.17) is 0 Å². The van der Waals surface area contributed by atoms with Gasteiger partial charge in [-0.2, -0.15) is 0 Å². The summed E-state index contributed by atoms with van der Waals surface area (Å²) in [4.78, 5) is 15.6. The Bertz CT molecular complexity index is 803. The Morgan fingerprint density at radius 2 is 1.76 bits per heavy atom. The molecule has 0 saturated heterocycles. The molecule has 3 aromatic rings. The van der Waals surface area contributed by atoms with Crippen LogP contribution in [0.2, 0.25) is 0 Å². The maximum absolute atomic E-state index is 11.5. The third-order valence-electron chi connectivity index (χ3n) is 3.17. The predicted octanol–water partition coefficient (Wildman–Crippen LogP) is 3.30. The van der Waals surface area contributed by atoms with Crippen LogP contribution in [0.1, 0.15) is 10.4 Å². The number of nitrogens with zero attached hydrogens (tertiary/aromatic N) is 1. The number of rotatable bonds is 2. The van der Waals surface area contributed by atoms with Crippen molar-refractivity contribution in [1.29, 1.82) is 0 Å². The van der Waals surface area contributed by atoms with E-state index in [9.17, 15) is 15.0 Å². The van der Waals surface area contributed by atoms with Crippen molar-refractivity contribution in [3.05, 3.63) is 60.3 Å². The number of hydrogen-bond acceptors (Lipinski definition) is 3. The van der Waals surface area contributed by atoms with Crippen molar-refractivity contribution in [3.63, 3.8) is 0 Å². The molecule has 5 heteroatoms. The molecule has 3 rings (SSSR count). The Kier molecular flexibility index (Phi) is 4.34. The molecule has 0 unspecified atom stereocenters. The van der Waals surface area contributed by atoms with Gasteiger partial charge in [-0.25, -0.2) is 4.79 Å². The molecule has 2 N–H and O–H groups in total. The van der Waals surface area contributed by atoms with Gasteiger partial charge in [0.1, 0.15) is 5.75 Å². The summed E-state index contributed by atoms with van der Waals surface area (Å²) in [6, 6.07) is 13.8. The average molecular weight is 366 g/mol. The van der Waals surface area contributed by atoms with Crippen LogP contribution < -0.4 is 0 Å². The first-order chi connectivity index (χ1) is 9.68. The smallest absolute Gasteiger partial charge is 0.336 e. The molecule has 21 heavy (non-hydrogen) atoms. The molecule has 0 fully saturated rings. The van der Waals surface area contributed by atoms with Gasteiger partial charge < -0.3 is 10.2 Å². The van der Waals surface area contributed by atoms with E-state index in [0.29, 0.717) is 16.5 Å². The fourth-order valence-corrected chi connectivity index (χ4v) is 2.27. The van der Waals surface area contributed by atoms with Crippen molar-refractivity contribution in [2.75, 3.05) is 0 Å². The third kappa shape index (κ3) is 2.65. The van der Waals surface area contributed by atoms with E-state index in [1.54, 1.807) is 54.7 Å². The van der Waals surface area contributed by atoms with Crippen LogP contribution in [0.4, 0.5) is 0 Å². The first-order valence-corrected chi connectivity index (χ1v) is 6.08.